The van der Waals surface area contributed by atoms with Gasteiger partial charge in [0.2, 0.25) is 0 Å². The van der Waals surface area contributed by atoms with Crippen LogP contribution >= 0.6 is 0 Å². The van der Waals surface area contributed by atoms with Gasteiger partial charge in [-0.05, 0) is 94.1 Å². The fourth-order valence-corrected chi connectivity index (χ4v) is 7.83. The number of aromatic nitrogens is 1. The van der Waals surface area contributed by atoms with Crippen molar-refractivity contribution in [3.05, 3.63) is 150 Å². The van der Waals surface area contributed by atoms with E-state index in [-0.39, 0.29) is 22.3 Å². The molecule has 0 N–H and O–H groups in total. The van der Waals surface area contributed by atoms with Gasteiger partial charge in [-0.2, -0.15) is 0 Å². The van der Waals surface area contributed by atoms with Gasteiger partial charge in [-0.3, -0.25) is 0 Å². The Bertz CT molecular complexity index is 2210. The van der Waals surface area contributed by atoms with Gasteiger partial charge >= 0.3 is 0 Å². The number of hydrogen-bond donors (Lipinski definition) is 0. The molecule has 234 valence electrons. The molecule has 5 aromatic carbocycles. The monoisotopic (exact) mass is 612 g/mol. The van der Waals surface area contributed by atoms with Gasteiger partial charge in [0.25, 0.3) is 0 Å². The number of anilines is 2. The van der Waals surface area contributed by atoms with E-state index in [1.54, 1.807) is 0 Å². The largest absolute Gasteiger partial charge is 0.333 e. The number of hydrogen-bond acceptors (Lipinski definition) is 1. The van der Waals surface area contributed by atoms with Crippen LogP contribution in [0, 0.1) is 5.41 Å². The topological polar surface area (TPSA) is 8.17 Å². The molecule has 2 unspecified atom stereocenters. The number of benzene rings is 5. The number of fused-ring (bicyclic) bond motifs is 6. The van der Waals surface area contributed by atoms with E-state index < -0.39 is 0 Å². The highest BCUT2D eigenvalue weighted by atomic mass is 15.2. The molecule has 0 bridgehead atoms. The minimum atomic E-state index is -0.0798. The fraction of sp³-hybridized carbons (Fsp3) is 0.244. The average Bonchev–Trinajstić information content (AvgIpc) is 3.53. The van der Waals surface area contributed by atoms with E-state index in [1.165, 1.54) is 66.7 Å². The van der Waals surface area contributed by atoms with Gasteiger partial charge in [-0.15, -0.1) is 0 Å². The molecule has 2 heteroatoms. The van der Waals surface area contributed by atoms with Crippen LogP contribution in [-0.2, 0) is 10.8 Å². The highest BCUT2D eigenvalue weighted by Gasteiger charge is 2.47. The smallest absolute Gasteiger partial charge is 0.0655 e. The van der Waals surface area contributed by atoms with Crippen molar-refractivity contribution in [1.82, 2.24) is 4.57 Å². The van der Waals surface area contributed by atoms with Crippen molar-refractivity contribution in [1.29, 1.82) is 0 Å². The van der Waals surface area contributed by atoms with Gasteiger partial charge in [0.1, 0.15) is 0 Å². The molecule has 2 atom stereocenters. The second kappa shape index (κ2) is 10.3. The first-order chi connectivity index (χ1) is 22.4. The second-order valence-electron chi connectivity index (χ2n) is 15.8. The van der Waals surface area contributed by atoms with Gasteiger partial charge in [-0.25, -0.2) is 0 Å². The zero-order chi connectivity index (χ0) is 32.7. The van der Waals surface area contributed by atoms with Crippen molar-refractivity contribution in [2.24, 2.45) is 5.41 Å². The number of allylic oxidation sites excluding steroid dienone is 2. The summed E-state index contributed by atoms with van der Waals surface area (Å²) in [6.45, 7) is 16.2. The second-order valence-corrected chi connectivity index (χ2v) is 15.8. The summed E-state index contributed by atoms with van der Waals surface area (Å²) in [5, 5.41) is 2.61. The van der Waals surface area contributed by atoms with Crippen molar-refractivity contribution in [2.45, 2.75) is 65.3 Å². The Balaban J connectivity index is 1.13. The van der Waals surface area contributed by atoms with Crippen LogP contribution in [0.15, 0.2) is 139 Å². The summed E-state index contributed by atoms with van der Waals surface area (Å²) in [6, 6.07) is 43.1. The van der Waals surface area contributed by atoms with Gasteiger partial charge in [-0.1, -0.05) is 127 Å². The molecule has 0 fully saturated rings. The zero-order valence-corrected chi connectivity index (χ0v) is 28.7. The molecule has 2 aliphatic rings. The summed E-state index contributed by atoms with van der Waals surface area (Å²) in [7, 11) is 0. The first-order valence-corrected chi connectivity index (χ1v) is 17.0. The lowest BCUT2D eigenvalue weighted by Gasteiger charge is -2.38. The standard InChI is InChI=1S/C45H44N2/c1-43(2,3)32-20-26-40-37(28-32)36-12-8-10-14-39(36)46(40)34-22-16-30(17-23-34)31-18-24-35(25-19-31)47-41-15-11-9-13-38(41)45(7)29-33(44(4,5)6)21-27-42(45)47/h8-29,42H,1-7H3. The van der Waals surface area contributed by atoms with E-state index in [0.717, 1.165) is 0 Å². The summed E-state index contributed by atoms with van der Waals surface area (Å²) in [4.78, 5) is 2.53. The molecule has 6 aromatic rings. The van der Waals surface area contributed by atoms with Gasteiger partial charge in [0.05, 0.1) is 17.1 Å². The minimum Gasteiger partial charge on any atom is -0.333 e. The Morgan fingerprint density at radius 1 is 0.596 bits per heavy atom. The van der Waals surface area contributed by atoms with E-state index in [1.807, 2.05) is 0 Å². The number of para-hydroxylation sites is 2. The number of nitrogens with zero attached hydrogens (tertiary/aromatic N) is 2. The van der Waals surface area contributed by atoms with Crippen molar-refractivity contribution < 1.29 is 0 Å². The quantitative estimate of drug-likeness (QED) is 0.193. The van der Waals surface area contributed by atoms with Gasteiger partial charge < -0.3 is 9.47 Å². The lowest BCUT2D eigenvalue weighted by Crippen LogP contribution is -2.40. The molecular formula is C45H44N2. The van der Waals surface area contributed by atoms with Crippen LogP contribution in [0.1, 0.15) is 59.6 Å². The summed E-state index contributed by atoms with van der Waals surface area (Å²) in [5.74, 6) is 0. The van der Waals surface area contributed by atoms with E-state index in [9.17, 15) is 0 Å². The molecule has 8 rings (SSSR count). The first kappa shape index (κ1) is 29.6. The van der Waals surface area contributed by atoms with Gasteiger partial charge in [0, 0.05) is 33.2 Å². The van der Waals surface area contributed by atoms with Crippen LogP contribution in [-0.4, -0.2) is 10.6 Å². The predicted octanol–water partition coefficient (Wildman–Crippen LogP) is 12.1. The molecule has 0 saturated carbocycles. The van der Waals surface area contributed by atoms with Crippen LogP contribution < -0.4 is 4.90 Å². The third-order valence-corrected chi connectivity index (χ3v) is 10.6. The Labute approximate surface area is 279 Å². The van der Waals surface area contributed by atoms with Crippen molar-refractivity contribution in [2.75, 3.05) is 4.90 Å². The molecule has 1 aliphatic carbocycles. The molecule has 2 nitrogen and oxygen atoms in total. The van der Waals surface area contributed by atoms with Crippen LogP contribution in [0.25, 0.3) is 38.6 Å². The lowest BCUT2D eigenvalue weighted by atomic mass is 9.70. The molecule has 0 radical (unpaired) electrons. The third kappa shape index (κ3) is 4.68. The highest BCUT2D eigenvalue weighted by Crippen LogP contribution is 2.53. The summed E-state index contributed by atoms with van der Waals surface area (Å²) in [5.41, 5.74) is 12.9. The molecular weight excluding hydrogens is 569 g/mol. The van der Waals surface area contributed by atoms with Crippen molar-refractivity contribution >= 4 is 33.2 Å². The normalized spacial score (nSPS) is 19.3. The van der Waals surface area contributed by atoms with E-state index >= 15 is 0 Å². The molecule has 47 heavy (non-hydrogen) atoms. The van der Waals surface area contributed by atoms with Crippen LogP contribution in [0.4, 0.5) is 11.4 Å². The Kier molecular flexibility index (Phi) is 6.51. The van der Waals surface area contributed by atoms with Gasteiger partial charge in [0.15, 0.2) is 0 Å². The molecule has 2 heterocycles. The Morgan fingerprint density at radius 3 is 1.89 bits per heavy atom. The zero-order valence-electron chi connectivity index (χ0n) is 28.7. The van der Waals surface area contributed by atoms with Crippen LogP contribution in [0.3, 0.4) is 0 Å². The first-order valence-electron chi connectivity index (χ1n) is 17.0. The molecule has 1 aliphatic heterocycles. The predicted molar refractivity (Wildman–Crippen MR) is 201 cm³/mol. The minimum absolute atomic E-state index is 0.0798. The Hall–Kier alpha value is -4.82. The van der Waals surface area contributed by atoms with Crippen LogP contribution in [0.5, 0.6) is 0 Å². The van der Waals surface area contributed by atoms with Crippen LogP contribution in [0.2, 0.25) is 0 Å². The third-order valence-electron chi connectivity index (χ3n) is 10.6. The maximum absolute atomic E-state index is 2.53. The maximum atomic E-state index is 2.53. The van der Waals surface area contributed by atoms with E-state index in [2.05, 4.69) is 191 Å². The summed E-state index contributed by atoms with van der Waals surface area (Å²) < 4.78 is 2.41. The average molecular weight is 613 g/mol. The maximum Gasteiger partial charge on any atom is 0.0655 e. The summed E-state index contributed by atoms with van der Waals surface area (Å²) >= 11 is 0. The van der Waals surface area contributed by atoms with Crippen molar-refractivity contribution in [3.63, 3.8) is 0 Å². The van der Waals surface area contributed by atoms with Crippen molar-refractivity contribution in [3.8, 4) is 16.8 Å². The highest BCUT2D eigenvalue weighted by molar-refractivity contribution is 6.09. The number of rotatable bonds is 3. The molecule has 0 saturated heterocycles. The molecule has 1 aromatic heterocycles. The lowest BCUT2D eigenvalue weighted by molar-refractivity contribution is 0.478. The SMILES string of the molecule is CC(C)(C)C1=CC2(C)c3ccccc3N(c3ccc(-c4ccc(-n5c6ccccc6c6cc(C(C)(C)C)ccc65)cc4)cc3)C2C=C1. The molecule has 0 spiro atoms. The van der Waals surface area contributed by atoms with E-state index in [4.69, 9.17) is 0 Å². The van der Waals surface area contributed by atoms with E-state index in [0.29, 0.717) is 0 Å². The molecule has 0 amide bonds. The fourth-order valence-electron chi connectivity index (χ4n) is 7.83. The summed E-state index contributed by atoms with van der Waals surface area (Å²) in [6.07, 6.45) is 7.29. The Morgan fingerprint density at radius 2 is 1.21 bits per heavy atom.